The van der Waals surface area contributed by atoms with Gasteiger partial charge in [-0.25, -0.2) is 4.39 Å². The highest BCUT2D eigenvalue weighted by atomic mass is 32.1. The molecule has 0 saturated carbocycles. The van der Waals surface area contributed by atoms with Gasteiger partial charge in [-0.15, -0.1) is 0 Å². The molecule has 172 valence electrons. The third kappa shape index (κ3) is 5.85. The average molecular weight is 468 g/mol. The minimum atomic E-state index is -0.798. The summed E-state index contributed by atoms with van der Waals surface area (Å²) >= 11 is 0.979. The third-order valence-corrected chi connectivity index (χ3v) is 6.40. The van der Waals surface area contributed by atoms with Crippen LogP contribution >= 0.6 is 11.3 Å². The molecule has 1 aromatic heterocycles. The van der Waals surface area contributed by atoms with Crippen LogP contribution in [0.4, 0.5) is 4.39 Å². The Morgan fingerprint density at radius 3 is 2.67 bits per heavy atom. The first kappa shape index (κ1) is 23.1. The summed E-state index contributed by atoms with van der Waals surface area (Å²) in [7, 11) is 0. The number of fused-ring (bicyclic) bond motifs is 1. The zero-order chi connectivity index (χ0) is 23.2. The summed E-state index contributed by atoms with van der Waals surface area (Å²) in [6.07, 6.45) is -0.00967. The Kier molecular flexibility index (Phi) is 7.51. The van der Waals surface area contributed by atoms with Gasteiger partial charge in [0.2, 0.25) is 0 Å². The van der Waals surface area contributed by atoms with Crippen LogP contribution in [0.15, 0.2) is 65.5 Å². The highest BCUT2D eigenvalue weighted by Crippen LogP contribution is 2.31. The van der Waals surface area contributed by atoms with Gasteiger partial charge in [-0.3, -0.25) is 4.79 Å². The topological polar surface area (TPSA) is 97.4 Å². The van der Waals surface area contributed by atoms with E-state index in [1.54, 1.807) is 18.2 Å². The van der Waals surface area contributed by atoms with E-state index in [1.165, 1.54) is 12.1 Å². The summed E-state index contributed by atoms with van der Waals surface area (Å²) < 4.78 is 14.3. The van der Waals surface area contributed by atoms with E-state index >= 15 is 0 Å². The summed E-state index contributed by atoms with van der Waals surface area (Å²) in [6.45, 7) is 2.12. The lowest BCUT2D eigenvalue weighted by Gasteiger charge is -2.14. The maximum absolute atomic E-state index is 13.7. The van der Waals surface area contributed by atoms with Crippen LogP contribution in [-0.4, -0.2) is 28.3 Å². The predicted octanol–water partition coefficient (Wildman–Crippen LogP) is 3.59. The van der Waals surface area contributed by atoms with Crippen LogP contribution < -0.4 is 15.5 Å². The molecule has 0 aliphatic rings. The van der Waals surface area contributed by atoms with Gasteiger partial charge in [0.05, 0.1) is 10.8 Å². The van der Waals surface area contributed by atoms with Crippen LogP contribution in [0.3, 0.4) is 0 Å². The normalized spacial score (nSPS) is 12.3. The molecule has 0 amide bonds. The van der Waals surface area contributed by atoms with E-state index < -0.39 is 6.10 Å². The fourth-order valence-electron chi connectivity index (χ4n) is 3.76. The number of rotatable bonds is 10. The maximum Gasteiger partial charge on any atom is 0.305 e. The number of H-pyrrole nitrogens is 1. The zero-order valence-corrected chi connectivity index (χ0v) is 18.8. The van der Waals surface area contributed by atoms with Crippen molar-refractivity contribution in [1.29, 1.82) is 0 Å². The molecule has 0 aliphatic heterocycles. The standard InChI is InChI=1S/C25H26FN3O3S/c26-20-7-2-1-6-18(20)14-28-13-17-5-3-4-16(12-17)10-11-27-15-22(31)19-8-9-21(30)23-24(19)33-25(32)29-23/h1-9,12,22,27-28,30-31H,10-11,13-15H2,(H,29,32). The first-order valence-corrected chi connectivity index (χ1v) is 11.6. The fraction of sp³-hybridized carbons (Fsp3) is 0.240. The van der Waals surface area contributed by atoms with Gasteiger partial charge < -0.3 is 25.8 Å². The second kappa shape index (κ2) is 10.7. The molecule has 0 spiro atoms. The van der Waals surface area contributed by atoms with Gasteiger partial charge in [-0.05, 0) is 36.2 Å². The Labute approximate surface area is 194 Å². The molecule has 1 heterocycles. The number of aromatic amines is 1. The van der Waals surface area contributed by atoms with Crippen molar-refractivity contribution in [1.82, 2.24) is 15.6 Å². The summed E-state index contributed by atoms with van der Waals surface area (Å²) in [5.74, 6) is -0.207. The Balaban J connectivity index is 1.26. The summed E-state index contributed by atoms with van der Waals surface area (Å²) in [5.41, 5.74) is 3.91. The molecule has 6 nitrogen and oxygen atoms in total. The van der Waals surface area contributed by atoms with Gasteiger partial charge >= 0.3 is 4.87 Å². The molecule has 0 bridgehead atoms. The van der Waals surface area contributed by atoms with Crippen molar-refractivity contribution in [3.63, 3.8) is 0 Å². The van der Waals surface area contributed by atoms with Crippen molar-refractivity contribution in [2.75, 3.05) is 13.1 Å². The van der Waals surface area contributed by atoms with E-state index in [-0.39, 0.29) is 16.4 Å². The molecule has 0 fully saturated rings. The number of hydrogen-bond acceptors (Lipinski definition) is 6. The number of benzene rings is 3. The maximum atomic E-state index is 13.7. The number of aliphatic hydroxyl groups excluding tert-OH is 1. The summed E-state index contributed by atoms with van der Waals surface area (Å²) in [4.78, 5) is 14.0. The molecular formula is C25H26FN3O3S. The lowest BCUT2D eigenvalue weighted by atomic mass is 10.1. The van der Waals surface area contributed by atoms with Crippen molar-refractivity contribution in [2.24, 2.45) is 0 Å². The summed E-state index contributed by atoms with van der Waals surface area (Å²) in [5, 5.41) is 27.0. The van der Waals surface area contributed by atoms with Gasteiger partial charge in [-0.2, -0.15) is 0 Å². The molecule has 33 heavy (non-hydrogen) atoms. The number of aromatic nitrogens is 1. The van der Waals surface area contributed by atoms with Crippen LogP contribution in [0.25, 0.3) is 10.2 Å². The average Bonchev–Trinajstić information content (AvgIpc) is 3.21. The number of phenols is 1. The molecule has 0 radical (unpaired) electrons. The monoisotopic (exact) mass is 467 g/mol. The number of nitrogens with one attached hydrogen (secondary N) is 3. The van der Waals surface area contributed by atoms with Gasteiger partial charge in [0.1, 0.15) is 17.1 Å². The zero-order valence-electron chi connectivity index (χ0n) is 18.0. The highest BCUT2D eigenvalue weighted by Gasteiger charge is 2.15. The van der Waals surface area contributed by atoms with Crippen molar-refractivity contribution >= 4 is 21.6 Å². The van der Waals surface area contributed by atoms with Gasteiger partial charge in [0, 0.05) is 30.8 Å². The smallest absolute Gasteiger partial charge is 0.305 e. The Morgan fingerprint density at radius 1 is 1.00 bits per heavy atom. The first-order valence-electron chi connectivity index (χ1n) is 10.8. The lowest BCUT2D eigenvalue weighted by Crippen LogP contribution is -2.24. The number of thiazole rings is 1. The van der Waals surface area contributed by atoms with Crippen molar-refractivity contribution in [2.45, 2.75) is 25.6 Å². The van der Waals surface area contributed by atoms with E-state index in [1.807, 2.05) is 18.2 Å². The largest absolute Gasteiger partial charge is 0.506 e. The number of aliphatic hydroxyl groups is 1. The Hall–Kier alpha value is -3.04. The molecule has 0 saturated heterocycles. The lowest BCUT2D eigenvalue weighted by molar-refractivity contribution is 0.176. The molecule has 1 atom stereocenters. The highest BCUT2D eigenvalue weighted by molar-refractivity contribution is 7.16. The molecule has 8 heteroatoms. The van der Waals surface area contributed by atoms with E-state index in [0.717, 1.165) is 28.9 Å². The minimum absolute atomic E-state index is 0.00414. The Morgan fingerprint density at radius 2 is 1.82 bits per heavy atom. The molecule has 3 aromatic carbocycles. The van der Waals surface area contributed by atoms with E-state index in [9.17, 15) is 19.4 Å². The minimum Gasteiger partial charge on any atom is -0.506 e. The molecule has 4 rings (SSSR count). The second-order valence-corrected chi connectivity index (χ2v) is 8.86. The molecule has 1 unspecified atom stereocenters. The molecular weight excluding hydrogens is 441 g/mol. The fourth-order valence-corrected chi connectivity index (χ4v) is 4.68. The van der Waals surface area contributed by atoms with Gasteiger partial charge in [0.25, 0.3) is 0 Å². The SMILES string of the molecule is O=c1[nH]c2c(O)ccc(C(O)CNCCc3cccc(CNCc4ccccc4F)c3)c2s1. The Bertz CT molecular complexity index is 1290. The van der Waals surface area contributed by atoms with E-state index in [0.29, 0.717) is 47.5 Å². The van der Waals surface area contributed by atoms with Crippen molar-refractivity contribution in [3.05, 3.63) is 98.4 Å². The molecule has 0 aliphatic carbocycles. The van der Waals surface area contributed by atoms with E-state index in [4.69, 9.17) is 0 Å². The number of halogens is 1. The second-order valence-electron chi connectivity index (χ2n) is 7.88. The summed E-state index contributed by atoms with van der Waals surface area (Å²) in [6, 6.07) is 18.1. The predicted molar refractivity (Wildman–Crippen MR) is 129 cm³/mol. The van der Waals surface area contributed by atoms with Crippen molar-refractivity contribution in [3.8, 4) is 5.75 Å². The van der Waals surface area contributed by atoms with Crippen LogP contribution in [0.1, 0.15) is 28.4 Å². The number of phenolic OH excluding ortho intramolecular Hbond substituents is 1. The van der Waals surface area contributed by atoms with Crippen LogP contribution in [-0.2, 0) is 19.5 Å². The number of aromatic hydroxyl groups is 1. The van der Waals surface area contributed by atoms with Crippen LogP contribution in [0.2, 0.25) is 0 Å². The van der Waals surface area contributed by atoms with Crippen LogP contribution in [0.5, 0.6) is 5.75 Å². The van der Waals surface area contributed by atoms with Gasteiger partial charge in [0.15, 0.2) is 0 Å². The first-order chi connectivity index (χ1) is 16.0. The molecule has 5 N–H and O–H groups in total. The molecule has 4 aromatic rings. The quantitative estimate of drug-likeness (QED) is 0.230. The van der Waals surface area contributed by atoms with Crippen LogP contribution in [0, 0.1) is 5.82 Å². The van der Waals surface area contributed by atoms with Gasteiger partial charge in [-0.1, -0.05) is 59.9 Å². The van der Waals surface area contributed by atoms with E-state index in [2.05, 4.69) is 27.8 Å². The van der Waals surface area contributed by atoms with Crippen molar-refractivity contribution < 1.29 is 14.6 Å². The third-order valence-electron chi connectivity index (χ3n) is 5.47. The number of hydrogen-bond donors (Lipinski definition) is 5.